The summed E-state index contributed by atoms with van der Waals surface area (Å²) in [7, 11) is 0. The lowest BCUT2D eigenvalue weighted by Crippen LogP contribution is -2.46. The molecule has 1 unspecified atom stereocenters. The Hall–Kier alpha value is -2.43. The number of carbonyl (C=O) groups is 1. The van der Waals surface area contributed by atoms with Crippen LogP contribution in [-0.4, -0.2) is 25.7 Å². The van der Waals surface area contributed by atoms with Crippen molar-refractivity contribution in [3.05, 3.63) is 49.7 Å². The van der Waals surface area contributed by atoms with E-state index in [-0.39, 0.29) is 22.2 Å². The van der Waals surface area contributed by atoms with Crippen LogP contribution in [0.5, 0.6) is 0 Å². The van der Waals surface area contributed by atoms with Gasteiger partial charge >= 0.3 is 5.69 Å². The van der Waals surface area contributed by atoms with Crippen LogP contribution >= 0.6 is 35.4 Å². The summed E-state index contributed by atoms with van der Waals surface area (Å²) in [6.45, 7) is 4.60. The molecule has 2 rings (SSSR count). The molecule has 2 aromatic rings. The van der Waals surface area contributed by atoms with Crippen LogP contribution in [0.2, 0.25) is 10.0 Å². The molecule has 27 heavy (non-hydrogen) atoms. The predicted octanol–water partition coefficient (Wildman–Crippen LogP) is 3.29. The van der Waals surface area contributed by atoms with Crippen molar-refractivity contribution in [2.75, 3.05) is 5.32 Å². The van der Waals surface area contributed by atoms with Crippen molar-refractivity contribution in [2.45, 2.75) is 26.8 Å². The topological polar surface area (TPSA) is 114 Å². The van der Waals surface area contributed by atoms with Crippen molar-refractivity contribution in [2.24, 2.45) is 0 Å². The number of hydrazine groups is 1. The van der Waals surface area contributed by atoms with Gasteiger partial charge in [-0.05, 0) is 51.2 Å². The summed E-state index contributed by atoms with van der Waals surface area (Å²) in [6.07, 6.45) is 0. The molecule has 0 saturated carbocycles. The highest BCUT2D eigenvalue weighted by atomic mass is 35.5. The van der Waals surface area contributed by atoms with E-state index in [1.807, 2.05) is 0 Å². The Labute approximate surface area is 170 Å². The summed E-state index contributed by atoms with van der Waals surface area (Å²) in [5, 5.41) is 18.9. The minimum atomic E-state index is -0.803. The number of anilines is 1. The van der Waals surface area contributed by atoms with E-state index in [1.54, 1.807) is 25.1 Å². The Morgan fingerprint density at radius 1 is 1.33 bits per heavy atom. The molecule has 1 amide bonds. The zero-order chi connectivity index (χ0) is 20.3. The summed E-state index contributed by atoms with van der Waals surface area (Å²) >= 11 is 17.0. The van der Waals surface area contributed by atoms with E-state index in [2.05, 4.69) is 21.3 Å². The Morgan fingerprint density at radius 3 is 2.59 bits per heavy atom. The first kappa shape index (κ1) is 20.9. The number of rotatable bonds is 4. The summed E-state index contributed by atoms with van der Waals surface area (Å²) in [5.74, 6) is -0.489. The van der Waals surface area contributed by atoms with Crippen LogP contribution in [0, 0.1) is 24.0 Å². The number of nitro groups is 1. The lowest BCUT2D eigenvalue weighted by molar-refractivity contribution is -0.386. The second-order valence-corrected chi connectivity index (χ2v) is 6.84. The molecule has 9 nitrogen and oxygen atoms in total. The molecule has 0 bridgehead atoms. The lowest BCUT2D eigenvalue weighted by Gasteiger charge is -2.16. The second kappa shape index (κ2) is 8.51. The van der Waals surface area contributed by atoms with Gasteiger partial charge in [0.25, 0.3) is 5.91 Å². The molecule has 0 fully saturated rings. The maximum absolute atomic E-state index is 12.3. The molecule has 144 valence electrons. The Kier molecular flexibility index (Phi) is 6.58. The van der Waals surface area contributed by atoms with Crippen molar-refractivity contribution in [3.63, 3.8) is 0 Å². The molecule has 12 heteroatoms. The Bertz CT molecular complexity index is 917. The van der Waals surface area contributed by atoms with Gasteiger partial charge in [0, 0.05) is 5.02 Å². The van der Waals surface area contributed by atoms with Crippen LogP contribution in [0.15, 0.2) is 18.2 Å². The third-order valence-electron chi connectivity index (χ3n) is 3.69. The SMILES string of the molecule is Cc1nn(C(C)C(=O)NNC(=S)Nc2cc(Cl)ccc2Cl)c(C)c1[N+](=O)[O-]. The second-order valence-electron chi connectivity index (χ2n) is 5.59. The number of hydrogen-bond acceptors (Lipinski definition) is 5. The van der Waals surface area contributed by atoms with Crippen LogP contribution in [0.1, 0.15) is 24.4 Å². The predicted molar refractivity (Wildman–Crippen MR) is 107 cm³/mol. The van der Waals surface area contributed by atoms with Crippen LogP contribution in [0.4, 0.5) is 11.4 Å². The lowest BCUT2D eigenvalue weighted by atomic mass is 10.3. The molecule has 0 aliphatic rings. The van der Waals surface area contributed by atoms with Gasteiger partial charge < -0.3 is 5.32 Å². The monoisotopic (exact) mass is 430 g/mol. The zero-order valence-electron chi connectivity index (χ0n) is 14.5. The smallest absolute Gasteiger partial charge is 0.312 e. The van der Waals surface area contributed by atoms with Gasteiger partial charge in [0.2, 0.25) is 0 Å². The fraction of sp³-hybridized carbons (Fsp3) is 0.267. The third kappa shape index (κ3) is 4.85. The largest absolute Gasteiger partial charge is 0.330 e. The van der Waals surface area contributed by atoms with E-state index >= 15 is 0 Å². The standard InChI is InChI=1S/C15H16Cl2N6O3S/c1-7-13(23(25)26)8(2)22(21-7)9(3)14(24)19-20-15(27)18-12-6-10(16)4-5-11(12)17/h4-6,9H,1-3H3,(H,19,24)(H2,18,20,27). The molecular weight excluding hydrogens is 415 g/mol. The minimum absolute atomic E-state index is 0.0825. The highest BCUT2D eigenvalue weighted by Crippen LogP contribution is 2.26. The van der Waals surface area contributed by atoms with Gasteiger partial charge in [-0.25, -0.2) is 0 Å². The number of aryl methyl sites for hydroxylation is 1. The summed E-state index contributed by atoms with van der Waals surface area (Å²) < 4.78 is 1.29. The fourth-order valence-corrected chi connectivity index (χ4v) is 2.87. The van der Waals surface area contributed by atoms with Crippen LogP contribution in [-0.2, 0) is 4.79 Å². The van der Waals surface area contributed by atoms with Gasteiger partial charge in [-0.3, -0.25) is 30.4 Å². The van der Waals surface area contributed by atoms with E-state index < -0.39 is 16.9 Å². The molecule has 0 aliphatic heterocycles. The number of benzene rings is 1. The van der Waals surface area contributed by atoms with Gasteiger partial charge in [0.15, 0.2) is 5.11 Å². The molecule has 1 atom stereocenters. The Balaban J connectivity index is 2.01. The first-order chi connectivity index (χ1) is 12.6. The van der Waals surface area contributed by atoms with Crippen molar-refractivity contribution in [1.82, 2.24) is 20.6 Å². The first-order valence-corrected chi connectivity index (χ1v) is 8.80. The van der Waals surface area contributed by atoms with E-state index in [9.17, 15) is 14.9 Å². The molecule has 3 N–H and O–H groups in total. The minimum Gasteiger partial charge on any atom is -0.330 e. The van der Waals surface area contributed by atoms with E-state index in [0.29, 0.717) is 15.7 Å². The number of nitrogens with zero attached hydrogens (tertiary/aromatic N) is 3. The zero-order valence-corrected chi connectivity index (χ0v) is 16.9. The van der Waals surface area contributed by atoms with Gasteiger partial charge in [0.05, 0.1) is 15.6 Å². The van der Waals surface area contributed by atoms with E-state index in [4.69, 9.17) is 35.4 Å². The number of aromatic nitrogens is 2. The normalized spacial score (nSPS) is 11.6. The number of carbonyl (C=O) groups excluding carboxylic acids is 1. The number of hydrogen-bond donors (Lipinski definition) is 3. The molecule has 0 radical (unpaired) electrons. The molecule has 0 spiro atoms. The summed E-state index contributed by atoms with van der Waals surface area (Å²) in [6, 6.07) is 4.01. The molecule has 1 aromatic carbocycles. The number of thiocarbonyl (C=S) groups is 1. The highest BCUT2D eigenvalue weighted by Gasteiger charge is 2.27. The van der Waals surface area contributed by atoms with Crippen LogP contribution < -0.4 is 16.2 Å². The van der Waals surface area contributed by atoms with Crippen LogP contribution in [0.25, 0.3) is 0 Å². The summed E-state index contributed by atoms with van der Waals surface area (Å²) in [4.78, 5) is 22.9. The van der Waals surface area contributed by atoms with E-state index in [1.165, 1.54) is 18.5 Å². The van der Waals surface area contributed by atoms with Gasteiger partial charge in [-0.1, -0.05) is 23.2 Å². The molecule has 1 heterocycles. The maximum Gasteiger partial charge on any atom is 0.312 e. The first-order valence-electron chi connectivity index (χ1n) is 7.63. The maximum atomic E-state index is 12.3. The Morgan fingerprint density at radius 2 is 2.00 bits per heavy atom. The third-order valence-corrected chi connectivity index (χ3v) is 4.46. The molecule has 1 aromatic heterocycles. The van der Waals surface area contributed by atoms with Crippen molar-refractivity contribution < 1.29 is 9.72 Å². The van der Waals surface area contributed by atoms with Crippen molar-refractivity contribution in [3.8, 4) is 0 Å². The number of halogens is 2. The average Bonchev–Trinajstić information content (AvgIpc) is 2.89. The number of nitrogens with one attached hydrogen (secondary N) is 3. The van der Waals surface area contributed by atoms with Gasteiger partial charge in [0.1, 0.15) is 17.4 Å². The molecule has 0 aliphatic carbocycles. The van der Waals surface area contributed by atoms with E-state index in [0.717, 1.165) is 0 Å². The van der Waals surface area contributed by atoms with Gasteiger partial charge in [-0.15, -0.1) is 0 Å². The van der Waals surface area contributed by atoms with Crippen LogP contribution in [0.3, 0.4) is 0 Å². The van der Waals surface area contributed by atoms with Gasteiger partial charge in [-0.2, -0.15) is 5.10 Å². The highest BCUT2D eigenvalue weighted by molar-refractivity contribution is 7.80. The quantitative estimate of drug-likeness (QED) is 0.387. The fourth-order valence-electron chi connectivity index (χ4n) is 2.38. The number of amides is 1. The molecule has 0 saturated heterocycles. The van der Waals surface area contributed by atoms with Crippen molar-refractivity contribution in [1.29, 1.82) is 0 Å². The summed E-state index contributed by atoms with van der Waals surface area (Å²) in [5.41, 5.74) is 5.83. The van der Waals surface area contributed by atoms with Crippen molar-refractivity contribution >= 4 is 57.8 Å². The molecular formula is C15H16Cl2N6O3S. The average molecular weight is 431 g/mol.